The molecule has 1 saturated heterocycles. The molecular formula is C14H24N4O2. The van der Waals surface area contributed by atoms with Gasteiger partial charge in [0.2, 0.25) is 5.75 Å². The summed E-state index contributed by atoms with van der Waals surface area (Å²) in [6, 6.07) is 0. The molecule has 6 nitrogen and oxygen atoms in total. The fraction of sp³-hybridized carbons (Fsp3) is 0.714. The molecule has 6 heteroatoms. The summed E-state index contributed by atoms with van der Waals surface area (Å²) in [7, 11) is 3.69. The number of hydrogen-bond acceptors (Lipinski definition) is 6. The van der Waals surface area contributed by atoms with Crippen molar-refractivity contribution in [2.24, 2.45) is 5.92 Å². The minimum Gasteiger partial charge on any atom is -0.490 e. The second-order valence-corrected chi connectivity index (χ2v) is 5.07. The lowest BCUT2D eigenvalue weighted by atomic mass is 10.0. The van der Waals surface area contributed by atoms with Crippen LogP contribution in [-0.2, 0) is 4.74 Å². The summed E-state index contributed by atoms with van der Waals surface area (Å²) < 4.78 is 11.0. The summed E-state index contributed by atoms with van der Waals surface area (Å²) in [5.74, 6) is 2.82. The number of methoxy groups -OCH3 is 1. The Morgan fingerprint density at radius 3 is 3.00 bits per heavy atom. The first kappa shape index (κ1) is 14.8. The van der Waals surface area contributed by atoms with Crippen LogP contribution in [0, 0.1) is 5.92 Å². The van der Waals surface area contributed by atoms with Crippen molar-refractivity contribution in [3.63, 3.8) is 0 Å². The molecule has 0 saturated carbocycles. The number of ether oxygens (including phenoxy) is 2. The van der Waals surface area contributed by atoms with Crippen LogP contribution < -0.4 is 15.0 Å². The van der Waals surface area contributed by atoms with Crippen molar-refractivity contribution in [3.8, 4) is 5.75 Å². The summed E-state index contributed by atoms with van der Waals surface area (Å²) in [6.45, 7) is 5.47. The number of rotatable bonds is 6. The van der Waals surface area contributed by atoms with Gasteiger partial charge in [0.25, 0.3) is 0 Å². The first-order valence-corrected chi connectivity index (χ1v) is 7.18. The van der Waals surface area contributed by atoms with Gasteiger partial charge in [-0.2, -0.15) is 0 Å². The van der Waals surface area contributed by atoms with Gasteiger partial charge in [-0.25, -0.2) is 9.97 Å². The summed E-state index contributed by atoms with van der Waals surface area (Å²) in [6.07, 6.45) is 3.92. The summed E-state index contributed by atoms with van der Waals surface area (Å²) in [5, 5.41) is 3.20. The van der Waals surface area contributed by atoms with E-state index in [4.69, 9.17) is 9.47 Å². The van der Waals surface area contributed by atoms with E-state index in [0.29, 0.717) is 11.7 Å². The van der Waals surface area contributed by atoms with Crippen LogP contribution in [0.15, 0.2) is 6.33 Å². The standard InChI is InChI=1S/C14H24N4O2/c1-4-15-13-12(19-3)14(17-10-16-13)18(2)8-11-6-5-7-20-9-11/h10-11H,4-9H2,1-3H3,(H,15,16,17). The van der Waals surface area contributed by atoms with Gasteiger partial charge in [-0.15, -0.1) is 0 Å². The molecular weight excluding hydrogens is 256 g/mol. The van der Waals surface area contributed by atoms with Gasteiger partial charge in [0.05, 0.1) is 13.7 Å². The largest absolute Gasteiger partial charge is 0.490 e. The molecule has 112 valence electrons. The van der Waals surface area contributed by atoms with E-state index < -0.39 is 0 Å². The molecule has 0 aromatic carbocycles. The van der Waals surface area contributed by atoms with Crippen LogP contribution >= 0.6 is 0 Å². The van der Waals surface area contributed by atoms with E-state index in [1.165, 1.54) is 6.42 Å². The Morgan fingerprint density at radius 2 is 2.35 bits per heavy atom. The Kier molecular flexibility index (Phi) is 5.40. The van der Waals surface area contributed by atoms with Crippen LogP contribution in [0.3, 0.4) is 0 Å². The third-order valence-corrected chi connectivity index (χ3v) is 3.48. The molecule has 1 aromatic rings. The van der Waals surface area contributed by atoms with Crippen molar-refractivity contribution in [2.45, 2.75) is 19.8 Å². The lowest BCUT2D eigenvalue weighted by Gasteiger charge is -2.28. The van der Waals surface area contributed by atoms with E-state index in [0.717, 1.165) is 44.4 Å². The Balaban J connectivity index is 2.11. The molecule has 1 N–H and O–H groups in total. The quantitative estimate of drug-likeness (QED) is 0.857. The highest BCUT2D eigenvalue weighted by Crippen LogP contribution is 2.31. The fourth-order valence-corrected chi connectivity index (χ4v) is 2.54. The molecule has 1 fully saturated rings. The van der Waals surface area contributed by atoms with E-state index in [1.807, 2.05) is 14.0 Å². The van der Waals surface area contributed by atoms with Crippen LogP contribution in [0.1, 0.15) is 19.8 Å². The molecule has 2 heterocycles. The zero-order valence-electron chi connectivity index (χ0n) is 12.6. The fourth-order valence-electron chi connectivity index (χ4n) is 2.54. The van der Waals surface area contributed by atoms with Gasteiger partial charge in [0.1, 0.15) is 6.33 Å². The van der Waals surface area contributed by atoms with Crippen LogP contribution in [0.5, 0.6) is 5.75 Å². The SMILES string of the molecule is CCNc1ncnc(N(C)CC2CCCOC2)c1OC. The average Bonchev–Trinajstić information content (AvgIpc) is 2.48. The van der Waals surface area contributed by atoms with Crippen LogP contribution in [0.4, 0.5) is 11.6 Å². The molecule has 20 heavy (non-hydrogen) atoms. The predicted octanol–water partition coefficient (Wildman–Crippen LogP) is 1.78. The van der Waals surface area contributed by atoms with Crippen LogP contribution in [-0.4, -0.2) is 50.4 Å². The molecule has 0 aliphatic carbocycles. The maximum absolute atomic E-state index is 5.53. The minimum absolute atomic E-state index is 0.552. The average molecular weight is 280 g/mol. The van der Waals surface area contributed by atoms with Gasteiger partial charge >= 0.3 is 0 Å². The number of nitrogens with zero attached hydrogens (tertiary/aromatic N) is 3. The van der Waals surface area contributed by atoms with Crippen molar-refractivity contribution in [1.82, 2.24) is 9.97 Å². The smallest absolute Gasteiger partial charge is 0.204 e. The molecule has 0 radical (unpaired) electrons. The van der Waals surface area contributed by atoms with Gasteiger partial charge in [-0.05, 0) is 25.7 Å². The van der Waals surface area contributed by atoms with Crippen molar-refractivity contribution in [2.75, 3.05) is 50.7 Å². The maximum Gasteiger partial charge on any atom is 0.204 e. The second-order valence-electron chi connectivity index (χ2n) is 5.07. The summed E-state index contributed by atoms with van der Waals surface area (Å²) in [5.41, 5.74) is 0. The van der Waals surface area contributed by atoms with Crippen molar-refractivity contribution >= 4 is 11.6 Å². The highest BCUT2D eigenvalue weighted by molar-refractivity contribution is 5.64. The molecule has 0 amide bonds. The lowest BCUT2D eigenvalue weighted by Crippen LogP contribution is -2.31. The summed E-state index contributed by atoms with van der Waals surface area (Å²) >= 11 is 0. The molecule has 2 rings (SSSR count). The molecule has 0 spiro atoms. The van der Waals surface area contributed by atoms with Crippen molar-refractivity contribution in [3.05, 3.63) is 6.33 Å². The van der Waals surface area contributed by atoms with Gasteiger partial charge in [0, 0.05) is 26.7 Å². The zero-order chi connectivity index (χ0) is 14.4. The Labute approximate surface area is 120 Å². The van der Waals surface area contributed by atoms with Crippen molar-refractivity contribution in [1.29, 1.82) is 0 Å². The van der Waals surface area contributed by atoms with E-state index >= 15 is 0 Å². The van der Waals surface area contributed by atoms with Crippen LogP contribution in [0.25, 0.3) is 0 Å². The van der Waals surface area contributed by atoms with Gasteiger partial charge < -0.3 is 19.7 Å². The van der Waals surface area contributed by atoms with Crippen LogP contribution in [0.2, 0.25) is 0 Å². The third kappa shape index (κ3) is 3.50. The zero-order valence-corrected chi connectivity index (χ0v) is 12.6. The van der Waals surface area contributed by atoms with E-state index in [2.05, 4.69) is 20.2 Å². The number of aromatic nitrogens is 2. The number of anilines is 2. The van der Waals surface area contributed by atoms with Gasteiger partial charge in [-0.3, -0.25) is 0 Å². The highest BCUT2D eigenvalue weighted by atomic mass is 16.5. The first-order chi connectivity index (χ1) is 9.76. The Morgan fingerprint density at radius 1 is 1.50 bits per heavy atom. The van der Waals surface area contributed by atoms with Gasteiger partial charge in [-0.1, -0.05) is 0 Å². The Bertz CT molecular complexity index is 422. The number of hydrogen-bond donors (Lipinski definition) is 1. The monoisotopic (exact) mass is 280 g/mol. The highest BCUT2D eigenvalue weighted by Gasteiger charge is 2.20. The first-order valence-electron chi connectivity index (χ1n) is 7.18. The normalized spacial score (nSPS) is 18.6. The minimum atomic E-state index is 0.552. The second kappa shape index (κ2) is 7.28. The maximum atomic E-state index is 5.53. The molecule has 1 atom stereocenters. The molecule has 0 bridgehead atoms. The van der Waals surface area contributed by atoms with E-state index in [1.54, 1.807) is 13.4 Å². The van der Waals surface area contributed by atoms with Gasteiger partial charge in [0.15, 0.2) is 11.6 Å². The van der Waals surface area contributed by atoms with Crippen molar-refractivity contribution < 1.29 is 9.47 Å². The topological polar surface area (TPSA) is 59.5 Å². The number of nitrogens with one attached hydrogen (secondary N) is 1. The molecule has 1 aliphatic rings. The lowest BCUT2D eigenvalue weighted by molar-refractivity contribution is 0.0575. The molecule has 1 aromatic heterocycles. The molecule has 1 unspecified atom stereocenters. The Hall–Kier alpha value is -1.56. The third-order valence-electron chi connectivity index (χ3n) is 3.48. The van der Waals surface area contributed by atoms with E-state index in [9.17, 15) is 0 Å². The predicted molar refractivity (Wildman–Crippen MR) is 79.6 cm³/mol. The summed E-state index contributed by atoms with van der Waals surface area (Å²) in [4.78, 5) is 10.7. The molecule has 1 aliphatic heterocycles. The van der Waals surface area contributed by atoms with E-state index in [-0.39, 0.29) is 0 Å².